The van der Waals surface area contributed by atoms with Gasteiger partial charge < -0.3 is 15.5 Å². The van der Waals surface area contributed by atoms with Crippen LogP contribution in [0.5, 0.6) is 0 Å². The Balaban J connectivity index is 0.00000312. The monoisotopic (exact) mass is 431 g/mol. The van der Waals surface area contributed by atoms with Crippen LogP contribution in [0, 0.1) is 5.92 Å². The van der Waals surface area contributed by atoms with Gasteiger partial charge in [0.2, 0.25) is 11.8 Å². The molecule has 1 aromatic rings. The summed E-state index contributed by atoms with van der Waals surface area (Å²) in [5.74, 6) is 0.639. The molecule has 0 saturated carbocycles. The fourth-order valence-electron chi connectivity index (χ4n) is 3.17. The standard InChI is InChI=1S/C18H26BrN3O2.ClH/c1-13(23)21-17(15-3-5-16(19)6-4-15)11-18(24)22-9-7-14(8-10-22)12-20-2;/h3-6,14,17,20H,7-12H2,1-2H3,(H,21,23);1H. The molecule has 0 aliphatic carbocycles. The average Bonchev–Trinajstić information content (AvgIpc) is 2.55. The van der Waals surface area contributed by atoms with Gasteiger partial charge in [-0.1, -0.05) is 28.1 Å². The summed E-state index contributed by atoms with van der Waals surface area (Å²) in [5, 5.41) is 6.11. The molecule has 1 aliphatic rings. The van der Waals surface area contributed by atoms with Crippen LogP contribution in [0.3, 0.4) is 0 Å². The quantitative estimate of drug-likeness (QED) is 0.726. The van der Waals surface area contributed by atoms with Crippen LogP contribution in [0.1, 0.15) is 37.8 Å². The minimum Gasteiger partial charge on any atom is -0.349 e. The summed E-state index contributed by atoms with van der Waals surface area (Å²) >= 11 is 3.41. The molecule has 1 unspecified atom stereocenters. The molecule has 5 nitrogen and oxygen atoms in total. The zero-order valence-electron chi connectivity index (χ0n) is 14.8. The van der Waals surface area contributed by atoms with Gasteiger partial charge in [0.05, 0.1) is 12.5 Å². The third-order valence-corrected chi connectivity index (χ3v) is 5.02. The minimum atomic E-state index is -0.280. The molecule has 0 aromatic heterocycles. The van der Waals surface area contributed by atoms with Crippen LogP contribution < -0.4 is 10.6 Å². The van der Waals surface area contributed by atoms with Crippen LogP contribution >= 0.6 is 28.3 Å². The highest BCUT2D eigenvalue weighted by atomic mass is 79.9. The highest BCUT2D eigenvalue weighted by molar-refractivity contribution is 9.10. The van der Waals surface area contributed by atoms with Crippen molar-refractivity contribution in [1.29, 1.82) is 0 Å². The molecule has 2 amide bonds. The molecule has 1 saturated heterocycles. The van der Waals surface area contributed by atoms with E-state index in [1.807, 2.05) is 36.2 Å². The normalized spacial score (nSPS) is 16.0. The van der Waals surface area contributed by atoms with Crippen LogP contribution in [-0.2, 0) is 9.59 Å². The second-order valence-electron chi connectivity index (χ2n) is 6.39. The summed E-state index contributed by atoms with van der Waals surface area (Å²) in [6, 6.07) is 7.46. The molecule has 0 spiro atoms. The van der Waals surface area contributed by atoms with Gasteiger partial charge in [0.15, 0.2) is 0 Å². The van der Waals surface area contributed by atoms with Crippen molar-refractivity contribution >= 4 is 40.2 Å². The number of nitrogens with one attached hydrogen (secondary N) is 2. The van der Waals surface area contributed by atoms with Gasteiger partial charge in [0.1, 0.15) is 0 Å². The number of piperidine rings is 1. The lowest BCUT2D eigenvalue weighted by atomic mass is 9.96. The van der Waals surface area contributed by atoms with Crippen molar-refractivity contribution in [3.63, 3.8) is 0 Å². The molecule has 1 heterocycles. The molecule has 1 atom stereocenters. The zero-order valence-corrected chi connectivity index (χ0v) is 17.2. The number of carbonyl (C=O) groups is 2. The smallest absolute Gasteiger partial charge is 0.224 e. The number of carbonyl (C=O) groups excluding carboxylic acids is 2. The molecular formula is C18H27BrClN3O2. The van der Waals surface area contributed by atoms with Crippen LogP contribution in [0.15, 0.2) is 28.7 Å². The number of hydrogen-bond acceptors (Lipinski definition) is 3. The lowest BCUT2D eigenvalue weighted by Gasteiger charge is -2.33. The highest BCUT2D eigenvalue weighted by Gasteiger charge is 2.25. The van der Waals surface area contributed by atoms with E-state index in [-0.39, 0.29) is 30.3 Å². The summed E-state index contributed by atoms with van der Waals surface area (Å²) in [7, 11) is 1.97. The number of benzene rings is 1. The molecule has 7 heteroatoms. The van der Waals surface area contributed by atoms with E-state index in [0.717, 1.165) is 42.5 Å². The van der Waals surface area contributed by atoms with Crippen molar-refractivity contribution in [3.8, 4) is 0 Å². The molecule has 140 valence electrons. The van der Waals surface area contributed by atoms with Crippen molar-refractivity contribution < 1.29 is 9.59 Å². The second kappa shape index (κ2) is 10.8. The SMILES string of the molecule is CNCC1CCN(C(=O)CC(NC(C)=O)c2ccc(Br)cc2)CC1.Cl. The Kier molecular flexibility index (Phi) is 9.46. The molecule has 1 aliphatic heterocycles. The zero-order chi connectivity index (χ0) is 17.5. The Labute approximate surface area is 164 Å². The average molecular weight is 433 g/mol. The van der Waals surface area contributed by atoms with Crippen molar-refractivity contribution in [1.82, 2.24) is 15.5 Å². The summed E-state index contributed by atoms with van der Waals surface area (Å²) in [6.45, 7) is 4.10. The third-order valence-electron chi connectivity index (χ3n) is 4.49. The van der Waals surface area contributed by atoms with E-state index in [1.54, 1.807) is 0 Å². The molecule has 2 N–H and O–H groups in total. The molecule has 25 heavy (non-hydrogen) atoms. The van der Waals surface area contributed by atoms with E-state index in [2.05, 4.69) is 26.6 Å². The predicted molar refractivity (Wildman–Crippen MR) is 106 cm³/mol. The topological polar surface area (TPSA) is 61.4 Å². The first-order valence-corrected chi connectivity index (χ1v) is 9.24. The van der Waals surface area contributed by atoms with Crippen molar-refractivity contribution in [2.75, 3.05) is 26.7 Å². The Bertz CT molecular complexity index is 560. The van der Waals surface area contributed by atoms with Gasteiger partial charge in [0, 0.05) is 24.5 Å². The van der Waals surface area contributed by atoms with E-state index in [4.69, 9.17) is 0 Å². The van der Waals surface area contributed by atoms with Crippen LogP contribution in [0.2, 0.25) is 0 Å². The number of likely N-dealkylation sites (tertiary alicyclic amines) is 1. The number of amides is 2. The van der Waals surface area contributed by atoms with Crippen LogP contribution in [0.25, 0.3) is 0 Å². The van der Waals surface area contributed by atoms with E-state index in [1.165, 1.54) is 6.92 Å². The Morgan fingerprint density at radius 1 is 1.24 bits per heavy atom. The molecule has 1 fully saturated rings. The van der Waals surface area contributed by atoms with Gasteiger partial charge >= 0.3 is 0 Å². The summed E-state index contributed by atoms with van der Waals surface area (Å²) < 4.78 is 0.978. The first kappa shape index (κ1) is 21.9. The van der Waals surface area contributed by atoms with Gasteiger partial charge in [-0.3, -0.25) is 9.59 Å². The van der Waals surface area contributed by atoms with Gasteiger partial charge in [-0.05, 0) is 50.0 Å². The highest BCUT2D eigenvalue weighted by Crippen LogP contribution is 2.23. The first-order valence-electron chi connectivity index (χ1n) is 8.44. The van der Waals surface area contributed by atoms with Crippen LogP contribution in [0.4, 0.5) is 0 Å². The van der Waals surface area contributed by atoms with Crippen molar-refractivity contribution in [2.45, 2.75) is 32.2 Å². The number of nitrogens with zero attached hydrogens (tertiary/aromatic N) is 1. The Morgan fingerprint density at radius 2 is 1.84 bits per heavy atom. The maximum Gasteiger partial charge on any atom is 0.224 e. The molecule has 0 bridgehead atoms. The van der Waals surface area contributed by atoms with Crippen molar-refractivity contribution in [2.24, 2.45) is 5.92 Å². The maximum atomic E-state index is 12.6. The van der Waals surface area contributed by atoms with Crippen molar-refractivity contribution in [3.05, 3.63) is 34.3 Å². The first-order chi connectivity index (χ1) is 11.5. The van der Waals surface area contributed by atoms with E-state index in [0.29, 0.717) is 12.3 Å². The van der Waals surface area contributed by atoms with E-state index >= 15 is 0 Å². The molecule has 0 radical (unpaired) electrons. The van der Waals surface area contributed by atoms with Gasteiger partial charge in [-0.15, -0.1) is 12.4 Å². The summed E-state index contributed by atoms with van der Waals surface area (Å²) in [4.78, 5) is 26.1. The molecule has 2 rings (SSSR count). The molecular weight excluding hydrogens is 406 g/mol. The maximum absolute atomic E-state index is 12.6. The Hall–Kier alpha value is -1.11. The largest absolute Gasteiger partial charge is 0.349 e. The number of halogens is 2. The van der Waals surface area contributed by atoms with Crippen LogP contribution in [-0.4, -0.2) is 43.4 Å². The summed E-state index contributed by atoms with van der Waals surface area (Å²) in [6.07, 6.45) is 2.38. The number of rotatable bonds is 6. The number of hydrogen-bond donors (Lipinski definition) is 2. The fourth-order valence-corrected chi connectivity index (χ4v) is 3.44. The second-order valence-corrected chi connectivity index (χ2v) is 7.31. The van der Waals surface area contributed by atoms with E-state index < -0.39 is 0 Å². The minimum absolute atomic E-state index is 0. The fraction of sp³-hybridized carbons (Fsp3) is 0.556. The Morgan fingerprint density at radius 3 is 2.36 bits per heavy atom. The lowest BCUT2D eigenvalue weighted by molar-refractivity contribution is -0.133. The predicted octanol–water partition coefficient (Wildman–Crippen LogP) is 2.90. The van der Waals surface area contributed by atoms with E-state index in [9.17, 15) is 9.59 Å². The molecule has 1 aromatic carbocycles. The van der Waals surface area contributed by atoms with Gasteiger partial charge in [-0.2, -0.15) is 0 Å². The van der Waals surface area contributed by atoms with Gasteiger partial charge in [-0.25, -0.2) is 0 Å². The third kappa shape index (κ3) is 6.96. The lowest BCUT2D eigenvalue weighted by Crippen LogP contribution is -2.42. The van der Waals surface area contributed by atoms with Gasteiger partial charge in [0.25, 0.3) is 0 Å². The summed E-state index contributed by atoms with van der Waals surface area (Å²) in [5.41, 5.74) is 0.951.